The summed E-state index contributed by atoms with van der Waals surface area (Å²) < 4.78 is 80.3. The smallest absolute Gasteiger partial charge is 0.491 e. The second kappa shape index (κ2) is 10.6. The van der Waals surface area contributed by atoms with Gasteiger partial charge in [0.05, 0.1) is 12.7 Å². The van der Waals surface area contributed by atoms with Gasteiger partial charge in [-0.15, -0.1) is 0 Å². The Balaban J connectivity index is 1.92. The number of sulfonamides is 1. The average molecular weight is 537 g/mol. The number of methoxy groups -OCH3 is 1. The molecule has 37 heavy (non-hydrogen) atoms. The molecule has 0 bridgehead atoms. The van der Waals surface area contributed by atoms with Crippen LogP contribution in [0.25, 0.3) is 0 Å². The number of amidine groups is 1. The Morgan fingerprint density at radius 1 is 0.946 bits per heavy atom. The largest absolute Gasteiger partial charge is 0.497 e. The molecule has 3 aromatic rings. The van der Waals surface area contributed by atoms with E-state index in [1.165, 1.54) is 49.6 Å². The molecule has 0 fully saturated rings. The lowest BCUT2D eigenvalue weighted by Gasteiger charge is -2.15. The third-order valence-corrected chi connectivity index (χ3v) is 6.00. The monoisotopic (exact) mass is 537 g/mol. The van der Waals surface area contributed by atoms with Crippen LogP contribution >= 0.6 is 0 Å². The van der Waals surface area contributed by atoms with Crippen LogP contribution in [0.3, 0.4) is 0 Å². The highest BCUT2D eigenvalue weighted by molar-refractivity contribution is 7.92. The molecule has 0 atom stereocenters. The fraction of sp³-hybridized carbons (Fsp3) is 0.0870. The van der Waals surface area contributed by atoms with Crippen LogP contribution in [0.5, 0.6) is 17.2 Å². The lowest BCUT2D eigenvalue weighted by Crippen LogP contribution is -2.28. The number of anilines is 1. The molecule has 0 aliphatic rings. The lowest BCUT2D eigenvalue weighted by atomic mass is 10.2. The zero-order chi connectivity index (χ0) is 27.4. The number of esters is 2. The average Bonchev–Trinajstić information content (AvgIpc) is 2.83. The number of carbonyl (C=O) groups is 2. The number of rotatable bonds is 8. The van der Waals surface area contributed by atoms with E-state index in [1.807, 2.05) is 0 Å². The molecule has 0 saturated heterocycles. The number of halogens is 3. The van der Waals surface area contributed by atoms with Gasteiger partial charge in [-0.2, -0.15) is 13.2 Å². The maximum absolute atomic E-state index is 13.2. The zero-order valence-corrected chi connectivity index (χ0v) is 19.6. The summed E-state index contributed by atoms with van der Waals surface area (Å²) in [6, 6.07) is 14.2. The molecule has 0 unspecified atom stereocenters. The number of nitrogens with one attached hydrogen (secondary N) is 2. The molecular weight excluding hydrogens is 519 g/mol. The highest BCUT2D eigenvalue weighted by Crippen LogP contribution is 2.34. The van der Waals surface area contributed by atoms with Gasteiger partial charge in [0.2, 0.25) is 0 Å². The third kappa shape index (κ3) is 6.76. The summed E-state index contributed by atoms with van der Waals surface area (Å²) in [6.07, 6.45) is -5.39. The standard InChI is InChI=1S/C23H18F3N3O7S/c1-34-16-8-9-19(18(12-16)35-17-7-3-4-13(11-17)20(27)28)37(32,33)29-15-6-2-5-14(10-15)21(30)36-22(31)23(24,25)26/h2-12,29H,1H3,(H3,27,28). The van der Waals surface area contributed by atoms with Crippen molar-refractivity contribution < 1.29 is 45.4 Å². The molecule has 3 rings (SSSR count). The van der Waals surface area contributed by atoms with Crippen LogP contribution in [-0.4, -0.2) is 39.5 Å². The molecule has 0 spiro atoms. The van der Waals surface area contributed by atoms with E-state index in [0.29, 0.717) is 5.56 Å². The van der Waals surface area contributed by atoms with Crippen LogP contribution in [0.4, 0.5) is 18.9 Å². The van der Waals surface area contributed by atoms with Crippen molar-refractivity contribution in [2.24, 2.45) is 5.73 Å². The van der Waals surface area contributed by atoms with Gasteiger partial charge >= 0.3 is 18.1 Å². The highest BCUT2D eigenvalue weighted by Gasteiger charge is 2.42. The van der Waals surface area contributed by atoms with Crippen LogP contribution in [0, 0.1) is 5.41 Å². The molecule has 10 nitrogen and oxygen atoms in total. The van der Waals surface area contributed by atoms with Crippen LogP contribution in [-0.2, 0) is 19.6 Å². The van der Waals surface area contributed by atoms with Gasteiger partial charge in [0, 0.05) is 17.3 Å². The Morgan fingerprint density at radius 2 is 1.62 bits per heavy atom. The second-order valence-corrected chi connectivity index (χ2v) is 8.87. The summed E-state index contributed by atoms with van der Waals surface area (Å²) in [5.74, 6) is -4.31. The SMILES string of the molecule is COc1ccc(S(=O)(=O)Nc2cccc(C(=O)OC(=O)C(F)(F)F)c2)c(Oc2cccc(C(=N)N)c2)c1. The van der Waals surface area contributed by atoms with Crippen molar-refractivity contribution >= 4 is 33.5 Å². The van der Waals surface area contributed by atoms with Crippen molar-refractivity contribution in [3.05, 3.63) is 77.9 Å². The maximum atomic E-state index is 13.2. The van der Waals surface area contributed by atoms with E-state index in [0.717, 1.165) is 12.1 Å². The van der Waals surface area contributed by atoms with Crippen LogP contribution < -0.4 is 19.9 Å². The molecule has 194 valence electrons. The first-order valence-corrected chi connectivity index (χ1v) is 11.5. The minimum absolute atomic E-state index is 0.163. The highest BCUT2D eigenvalue weighted by atomic mass is 32.2. The predicted octanol–water partition coefficient (Wildman–Crippen LogP) is 3.82. The van der Waals surface area contributed by atoms with Crippen molar-refractivity contribution in [2.45, 2.75) is 11.1 Å². The summed E-state index contributed by atoms with van der Waals surface area (Å²) in [6.45, 7) is 0. The quantitative estimate of drug-likeness (QED) is 0.169. The molecule has 0 aliphatic heterocycles. The molecule has 0 saturated carbocycles. The second-order valence-electron chi connectivity index (χ2n) is 7.22. The van der Waals surface area contributed by atoms with Gasteiger partial charge in [-0.05, 0) is 42.5 Å². The Hall–Kier alpha value is -4.59. The summed E-state index contributed by atoms with van der Waals surface area (Å²) in [7, 11) is -3.04. The van der Waals surface area contributed by atoms with Gasteiger partial charge in [-0.1, -0.05) is 18.2 Å². The van der Waals surface area contributed by atoms with Gasteiger partial charge in [0.15, 0.2) is 5.75 Å². The number of nitrogens with two attached hydrogens (primary N) is 1. The third-order valence-electron chi connectivity index (χ3n) is 4.58. The Morgan fingerprint density at radius 3 is 2.27 bits per heavy atom. The van der Waals surface area contributed by atoms with E-state index >= 15 is 0 Å². The lowest BCUT2D eigenvalue weighted by molar-refractivity contribution is -0.193. The van der Waals surface area contributed by atoms with Crippen molar-refractivity contribution in [1.82, 2.24) is 0 Å². The van der Waals surface area contributed by atoms with E-state index < -0.39 is 33.7 Å². The van der Waals surface area contributed by atoms with Gasteiger partial charge in [0.1, 0.15) is 22.2 Å². The number of hydrogen-bond acceptors (Lipinski definition) is 8. The molecule has 0 heterocycles. The fourth-order valence-electron chi connectivity index (χ4n) is 2.89. The summed E-state index contributed by atoms with van der Waals surface area (Å²) in [5.41, 5.74) is 5.09. The van der Waals surface area contributed by atoms with Crippen LogP contribution in [0.15, 0.2) is 71.6 Å². The molecule has 4 N–H and O–H groups in total. The first-order valence-electron chi connectivity index (χ1n) is 10.1. The molecule has 3 aromatic carbocycles. The molecule has 0 aliphatic carbocycles. The maximum Gasteiger partial charge on any atom is 0.491 e. The van der Waals surface area contributed by atoms with E-state index in [-0.39, 0.29) is 33.7 Å². The minimum Gasteiger partial charge on any atom is -0.497 e. The summed E-state index contributed by atoms with van der Waals surface area (Å²) >= 11 is 0. The number of benzene rings is 3. The zero-order valence-electron chi connectivity index (χ0n) is 18.8. The van der Waals surface area contributed by atoms with Crippen molar-refractivity contribution in [1.29, 1.82) is 5.41 Å². The molecule has 0 radical (unpaired) electrons. The van der Waals surface area contributed by atoms with Crippen LogP contribution in [0.1, 0.15) is 15.9 Å². The molecule has 0 amide bonds. The number of carbonyl (C=O) groups excluding carboxylic acids is 2. The molecular formula is C23H18F3N3O7S. The van der Waals surface area contributed by atoms with Crippen LogP contribution in [0.2, 0.25) is 0 Å². The van der Waals surface area contributed by atoms with Gasteiger partial charge in [-0.3, -0.25) is 10.1 Å². The Labute approximate surface area is 208 Å². The first-order chi connectivity index (χ1) is 17.3. The van der Waals surface area contributed by atoms with E-state index in [2.05, 4.69) is 9.46 Å². The normalized spacial score (nSPS) is 11.4. The molecule has 0 aromatic heterocycles. The number of hydrogen-bond donors (Lipinski definition) is 3. The fourth-order valence-corrected chi connectivity index (χ4v) is 4.05. The van der Waals surface area contributed by atoms with Crippen molar-refractivity contribution in [3.8, 4) is 17.2 Å². The Kier molecular flexibility index (Phi) is 7.72. The van der Waals surface area contributed by atoms with E-state index in [9.17, 15) is 31.2 Å². The van der Waals surface area contributed by atoms with Crippen molar-refractivity contribution in [3.63, 3.8) is 0 Å². The first kappa shape index (κ1) is 27.0. The van der Waals surface area contributed by atoms with E-state index in [4.69, 9.17) is 20.6 Å². The van der Waals surface area contributed by atoms with Gasteiger partial charge in [0.25, 0.3) is 10.0 Å². The number of alkyl halides is 3. The van der Waals surface area contributed by atoms with Gasteiger partial charge < -0.3 is 19.9 Å². The minimum atomic E-state index is -5.39. The topological polar surface area (TPSA) is 158 Å². The van der Waals surface area contributed by atoms with Crippen molar-refractivity contribution in [2.75, 3.05) is 11.8 Å². The summed E-state index contributed by atoms with van der Waals surface area (Å²) in [4.78, 5) is 22.5. The van der Waals surface area contributed by atoms with E-state index in [1.54, 1.807) is 12.1 Å². The number of nitrogen functional groups attached to an aromatic ring is 1. The van der Waals surface area contributed by atoms with Gasteiger partial charge in [-0.25, -0.2) is 18.0 Å². The molecule has 14 heteroatoms. The predicted molar refractivity (Wildman–Crippen MR) is 124 cm³/mol. The Bertz CT molecular complexity index is 1470. The summed E-state index contributed by atoms with van der Waals surface area (Å²) in [5, 5.41) is 7.55. The number of ether oxygens (including phenoxy) is 3.